The van der Waals surface area contributed by atoms with Gasteiger partial charge in [0.05, 0.1) is 12.9 Å². The van der Waals surface area contributed by atoms with Crippen molar-refractivity contribution in [3.8, 4) is 0 Å². The molecular formula is C17H20ClNO. The number of rotatable bonds is 3. The van der Waals surface area contributed by atoms with Crippen LogP contribution < -0.4 is 0 Å². The molecule has 3 rings (SSSR count). The Morgan fingerprint density at radius 3 is 2.80 bits per heavy atom. The summed E-state index contributed by atoms with van der Waals surface area (Å²) in [6.45, 7) is 2.11. The molecule has 20 heavy (non-hydrogen) atoms. The van der Waals surface area contributed by atoms with E-state index in [4.69, 9.17) is 16.3 Å². The van der Waals surface area contributed by atoms with Gasteiger partial charge in [0.25, 0.3) is 0 Å². The number of hydrogen-bond donors (Lipinski definition) is 0. The summed E-state index contributed by atoms with van der Waals surface area (Å²) in [6.07, 6.45) is 7.92. The van der Waals surface area contributed by atoms with Crippen molar-refractivity contribution in [1.29, 1.82) is 0 Å². The minimum atomic E-state index is 0.621. The second kappa shape index (κ2) is 5.92. The fraction of sp³-hybridized carbons (Fsp3) is 0.412. The number of hydrogen-bond acceptors (Lipinski definition) is 2. The van der Waals surface area contributed by atoms with Crippen LogP contribution in [0.2, 0.25) is 5.02 Å². The first kappa shape index (κ1) is 13.6. The van der Waals surface area contributed by atoms with Crippen molar-refractivity contribution in [3.63, 3.8) is 0 Å². The van der Waals surface area contributed by atoms with Gasteiger partial charge in [-0.05, 0) is 42.7 Å². The van der Waals surface area contributed by atoms with E-state index in [2.05, 4.69) is 29.2 Å². The number of methoxy groups -OCH3 is 1. The maximum absolute atomic E-state index is 5.95. The van der Waals surface area contributed by atoms with Gasteiger partial charge in [-0.25, -0.2) is 0 Å². The van der Waals surface area contributed by atoms with Crippen molar-refractivity contribution < 1.29 is 4.74 Å². The molecule has 1 atom stereocenters. The van der Waals surface area contributed by atoms with E-state index in [0.717, 1.165) is 30.3 Å². The van der Waals surface area contributed by atoms with Crippen molar-refractivity contribution in [2.45, 2.75) is 25.8 Å². The van der Waals surface area contributed by atoms with Gasteiger partial charge in [0, 0.05) is 36.1 Å². The van der Waals surface area contributed by atoms with Crippen LogP contribution in [0.3, 0.4) is 0 Å². The molecule has 1 fully saturated rings. The number of piperidine rings is 1. The number of nitrogens with zero attached hydrogens (tertiary/aromatic N) is 1. The summed E-state index contributed by atoms with van der Waals surface area (Å²) in [5.74, 6) is 1.73. The second-order valence-corrected chi connectivity index (χ2v) is 5.96. The van der Waals surface area contributed by atoms with Crippen LogP contribution in [0, 0.1) is 5.92 Å². The molecule has 1 aromatic carbocycles. The lowest BCUT2D eigenvalue weighted by molar-refractivity contribution is 0.200. The quantitative estimate of drug-likeness (QED) is 0.819. The number of likely N-dealkylation sites (tertiary alicyclic amines) is 1. The average Bonchev–Trinajstić information content (AvgIpc) is 2.49. The minimum Gasteiger partial charge on any atom is -0.501 e. The van der Waals surface area contributed by atoms with Crippen molar-refractivity contribution in [2.75, 3.05) is 13.7 Å². The predicted octanol–water partition coefficient (Wildman–Crippen LogP) is 4.37. The molecule has 0 aromatic heterocycles. The highest BCUT2D eigenvalue weighted by molar-refractivity contribution is 6.30. The fourth-order valence-electron chi connectivity index (χ4n) is 3.13. The summed E-state index contributed by atoms with van der Waals surface area (Å²) in [7, 11) is 1.76. The smallest absolute Gasteiger partial charge is 0.0962 e. The number of halogens is 1. The molecule has 0 bridgehead atoms. The van der Waals surface area contributed by atoms with Gasteiger partial charge in [-0.1, -0.05) is 23.7 Å². The first-order valence-corrected chi connectivity index (χ1v) is 7.58. The molecule has 2 nitrogen and oxygen atoms in total. The summed E-state index contributed by atoms with van der Waals surface area (Å²) in [4.78, 5) is 2.50. The van der Waals surface area contributed by atoms with E-state index in [1.54, 1.807) is 7.11 Å². The standard InChI is InChI=1S/C17H20ClNO/c1-20-16-8-9-17-14(11-16)3-2-10-19(17)12-13-4-6-15(18)7-5-13/h4-9,14H,2-3,10-12H2,1H3. The molecule has 1 saturated heterocycles. The molecule has 1 heterocycles. The Hall–Kier alpha value is -1.41. The SMILES string of the molecule is COC1=CC=C2C(CCCN2Cc2ccc(Cl)cc2)C1. The van der Waals surface area contributed by atoms with E-state index in [-0.39, 0.29) is 0 Å². The maximum Gasteiger partial charge on any atom is 0.0962 e. The molecule has 1 aliphatic heterocycles. The summed E-state index contributed by atoms with van der Waals surface area (Å²) in [5.41, 5.74) is 2.78. The Balaban J connectivity index is 1.77. The summed E-state index contributed by atoms with van der Waals surface area (Å²) in [6, 6.07) is 8.17. The lowest BCUT2D eigenvalue weighted by Crippen LogP contribution is -2.34. The highest BCUT2D eigenvalue weighted by atomic mass is 35.5. The lowest BCUT2D eigenvalue weighted by Gasteiger charge is -2.39. The molecule has 2 aliphatic rings. The summed E-state index contributed by atoms with van der Waals surface area (Å²) >= 11 is 5.95. The van der Waals surface area contributed by atoms with E-state index in [0.29, 0.717) is 5.92 Å². The summed E-state index contributed by atoms with van der Waals surface area (Å²) < 4.78 is 5.39. The van der Waals surface area contributed by atoms with Crippen LogP contribution in [0.15, 0.2) is 47.9 Å². The second-order valence-electron chi connectivity index (χ2n) is 5.52. The van der Waals surface area contributed by atoms with Gasteiger partial charge in [-0.15, -0.1) is 0 Å². The molecule has 1 unspecified atom stereocenters. The molecule has 1 aliphatic carbocycles. The van der Waals surface area contributed by atoms with Crippen LogP contribution in [-0.4, -0.2) is 18.6 Å². The third-order valence-electron chi connectivity index (χ3n) is 4.20. The van der Waals surface area contributed by atoms with Crippen LogP contribution >= 0.6 is 11.6 Å². The molecule has 1 aromatic rings. The van der Waals surface area contributed by atoms with Gasteiger partial charge in [-0.3, -0.25) is 0 Å². The van der Waals surface area contributed by atoms with Crippen molar-refractivity contribution in [1.82, 2.24) is 4.90 Å². The van der Waals surface area contributed by atoms with Crippen molar-refractivity contribution in [2.24, 2.45) is 5.92 Å². The van der Waals surface area contributed by atoms with Gasteiger partial charge in [0.1, 0.15) is 0 Å². The van der Waals surface area contributed by atoms with Crippen LogP contribution in [0.25, 0.3) is 0 Å². The fourth-order valence-corrected chi connectivity index (χ4v) is 3.26. The molecule has 0 saturated carbocycles. The van der Waals surface area contributed by atoms with Gasteiger partial charge in [-0.2, -0.15) is 0 Å². The highest BCUT2D eigenvalue weighted by Crippen LogP contribution is 2.36. The zero-order valence-electron chi connectivity index (χ0n) is 11.8. The number of fused-ring (bicyclic) bond motifs is 1. The van der Waals surface area contributed by atoms with Crippen LogP contribution in [0.5, 0.6) is 0 Å². The number of ether oxygens (including phenoxy) is 1. The first-order chi connectivity index (χ1) is 9.76. The molecule has 0 amide bonds. The zero-order chi connectivity index (χ0) is 13.9. The largest absolute Gasteiger partial charge is 0.501 e. The molecule has 106 valence electrons. The van der Waals surface area contributed by atoms with E-state index in [1.165, 1.54) is 24.1 Å². The Bertz CT molecular complexity index is 532. The Kier molecular flexibility index (Phi) is 4.02. The van der Waals surface area contributed by atoms with E-state index < -0.39 is 0 Å². The zero-order valence-corrected chi connectivity index (χ0v) is 12.6. The molecule has 3 heteroatoms. The third-order valence-corrected chi connectivity index (χ3v) is 4.45. The monoisotopic (exact) mass is 289 g/mol. The van der Waals surface area contributed by atoms with Crippen molar-refractivity contribution >= 4 is 11.6 Å². The van der Waals surface area contributed by atoms with Gasteiger partial charge >= 0.3 is 0 Å². The van der Waals surface area contributed by atoms with Crippen LogP contribution in [0.4, 0.5) is 0 Å². The predicted molar refractivity (Wildman–Crippen MR) is 82.4 cm³/mol. The van der Waals surface area contributed by atoms with Crippen LogP contribution in [-0.2, 0) is 11.3 Å². The van der Waals surface area contributed by atoms with Gasteiger partial charge < -0.3 is 9.64 Å². The molecule has 0 spiro atoms. The van der Waals surface area contributed by atoms with E-state index in [1.807, 2.05) is 12.1 Å². The van der Waals surface area contributed by atoms with Crippen LogP contribution in [0.1, 0.15) is 24.8 Å². The number of allylic oxidation sites excluding steroid dienone is 4. The first-order valence-electron chi connectivity index (χ1n) is 7.20. The normalized spacial score (nSPS) is 21.9. The molecule has 0 radical (unpaired) electrons. The van der Waals surface area contributed by atoms with Gasteiger partial charge in [0.2, 0.25) is 0 Å². The Morgan fingerprint density at radius 2 is 2.05 bits per heavy atom. The Morgan fingerprint density at radius 1 is 1.25 bits per heavy atom. The highest BCUT2D eigenvalue weighted by Gasteiger charge is 2.27. The lowest BCUT2D eigenvalue weighted by atomic mass is 9.87. The topological polar surface area (TPSA) is 12.5 Å². The average molecular weight is 290 g/mol. The van der Waals surface area contributed by atoms with Crippen molar-refractivity contribution in [3.05, 3.63) is 58.5 Å². The van der Waals surface area contributed by atoms with Gasteiger partial charge in [0.15, 0.2) is 0 Å². The molecular weight excluding hydrogens is 270 g/mol. The van der Waals surface area contributed by atoms with E-state index in [9.17, 15) is 0 Å². The number of benzene rings is 1. The van der Waals surface area contributed by atoms with E-state index >= 15 is 0 Å². The Labute approximate surface area is 125 Å². The summed E-state index contributed by atoms with van der Waals surface area (Å²) in [5, 5.41) is 0.801. The molecule has 0 N–H and O–H groups in total. The minimum absolute atomic E-state index is 0.621. The maximum atomic E-state index is 5.95. The third kappa shape index (κ3) is 2.85.